The van der Waals surface area contributed by atoms with Crippen molar-refractivity contribution in [1.29, 1.82) is 0 Å². The number of fused-ring (bicyclic) bond motifs is 1. The highest BCUT2D eigenvalue weighted by molar-refractivity contribution is 5.93. The molecular formula is C16H12F3N3O. The first-order valence-electron chi connectivity index (χ1n) is 6.82. The molecule has 2 N–H and O–H groups in total. The van der Waals surface area contributed by atoms with Gasteiger partial charge in [0.25, 0.3) is 5.56 Å². The zero-order valence-electron chi connectivity index (χ0n) is 11.8. The molecule has 0 spiro atoms. The van der Waals surface area contributed by atoms with Gasteiger partial charge in [-0.3, -0.25) is 4.79 Å². The van der Waals surface area contributed by atoms with E-state index in [4.69, 9.17) is 0 Å². The second kappa shape index (κ2) is 5.75. The van der Waals surface area contributed by atoms with Crippen LogP contribution >= 0.6 is 0 Å². The fourth-order valence-corrected chi connectivity index (χ4v) is 2.30. The molecule has 23 heavy (non-hydrogen) atoms. The first-order chi connectivity index (χ1) is 10.9. The van der Waals surface area contributed by atoms with Gasteiger partial charge < -0.3 is 10.3 Å². The zero-order chi connectivity index (χ0) is 16.4. The van der Waals surface area contributed by atoms with Crippen LogP contribution in [0.3, 0.4) is 0 Å². The third kappa shape index (κ3) is 3.33. The fourth-order valence-electron chi connectivity index (χ4n) is 2.30. The number of benzene rings is 2. The number of alkyl halides is 3. The summed E-state index contributed by atoms with van der Waals surface area (Å²) in [5, 5.41) is 4.95. The number of hydrogen-bond acceptors (Lipinski definition) is 3. The predicted molar refractivity (Wildman–Crippen MR) is 81.1 cm³/mol. The monoisotopic (exact) mass is 319 g/mol. The largest absolute Gasteiger partial charge is 0.433 e. The number of nitrogens with zero attached hydrogens (tertiary/aromatic N) is 1. The molecule has 0 bridgehead atoms. The number of hydrogen-bond donors (Lipinski definition) is 2. The Bertz CT molecular complexity index is 897. The smallest absolute Gasteiger partial charge is 0.377 e. The lowest BCUT2D eigenvalue weighted by molar-refractivity contribution is -0.141. The van der Waals surface area contributed by atoms with Crippen LogP contribution in [0.25, 0.3) is 10.8 Å². The molecule has 3 rings (SSSR count). The minimum absolute atomic E-state index is 0.0207. The summed E-state index contributed by atoms with van der Waals surface area (Å²) in [5.74, 6) is -0.0715. The van der Waals surface area contributed by atoms with Crippen LogP contribution < -0.4 is 10.9 Å². The molecule has 0 atom stereocenters. The molecule has 118 valence electrons. The van der Waals surface area contributed by atoms with Crippen molar-refractivity contribution in [3.05, 3.63) is 70.4 Å². The number of aromatic nitrogens is 2. The summed E-state index contributed by atoms with van der Waals surface area (Å²) >= 11 is 0. The first-order valence-corrected chi connectivity index (χ1v) is 6.82. The van der Waals surface area contributed by atoms with E-state index in [2.05, 4.69) is 15.3 Å². The molecule has 7 heteroatoms. The fraction of sp³-hybridized carbons (Fsp3) is 0.125. The van der Waals surface area contributed by atoms with Crippen LogP contribution in [0.1, 0.15) is 11.5 Å². The molecule has 0 aliphatic carbocycles. The topological polar surface area (TPSA) is 57.8 Å². The maximum atomic E-state index is 12.7. The summed E-state index contributed by atoms with van der Waals surface area (Å²) in [6.07, 6.45) is -4.65. The quantitative estimate of drug-likeness (QED) is 0.776. The van der Waals surface area contributed by atoms with E-state index in [1.165, 1.54) is 0 Å². The third-order valence-corrected chi connectivity index (χ3v) is 3.32. The number of nitrogens with one attached hydrogen (secondary N) is 2. The lowest BCUT2D eigenvalue weighted by atomic mass is 10.1. The minimum Gasteiger partial charge on any atom is -0.377 e. The van der Waals surface area contributed by atoms with Crippen LogP contribution in [0.2, 0.25) is 0 Å². The molecule has 0 unspecified atom stereocenters. The molecule has 3 aromatic rings. The van der Waals surface area contributed by atoms with Gasteiger partial charge in [0.15, 0.2) is 5.69 Å². The van der Waals surface area contributed by atoms with Gasteiger partial charge in [-0.05, 0) is 11.5 Å². The van der Waals surface area contributed by atoms with Crippen LogP contribution in [-0.2, 0) is 12.7 Å². The summed E-state index contributed by atoms with van der Waals surface area (Å²) < 4.78 is 38.1. The van der Waals surface area contributed by atoms with E-state index in [-0.39, 0.29) is 12.4 Å². The Morgan fingerprint density at radius 1 is 1.09 bits per heavy atom. The molecule has 1 aromatic heterocycles. The Balaban J connectivity index is 1.88. The first kappa shape index (κ1) is 15.1. The van der Waals surface area contributed by atoms with E-state index in [1.807, 2.05) is 42.5 Å². The Morgan fingerprint density at radius 2 is 1.83 bits per heavy atom. The molecule has 0 aliphatic heterocycles. The van der Waals surface area contributed by atoms with Crippen molar-refractivity contribution in [2.24, 2.45) is 0 Å². The number of H-pyrrole nitrogens is 1. The average molecular weight is 319 g/mol. The Morgan fingerprint density at radius 3 is 2.61 bits per heavy atom. The highest BCUT2D eigenvalue weighted by Crippen LogP contribution is 2.27. The van der Waals surface area contributed by atoms with E-state index in [9.17, 15) is 18.0 Å². The summed E-state index contributed by atoms with van der Waals surface area (Å²) in [5.41, 5.74) is -1.28. The van der Waals surface area contributed by atoms with Crippen molar-refractivity contribution in [3.63, 3.8) is 0 Å². The average Bonchev–Trinajstić information content (AvgIpc) is 2.51. The SMILES string of the molecule is O=c1cc(C(F)(F)F)nc(CNc2cccc3ccccc23)[nH]1. The predicted octanol–water partition coefficient (Wildman–Crippen LogP) is 3.55. The third-order valence-electron chi connectivity index (χ3n) is 3.32. The molecule has 0 aliphatic rings. The van der Waals surface area contributed by atoms with Gasteiger partial charge in [-0.2, -0.15) is 13.2 Å². The highest BCUT2D eigenvalue weighted by atomic mass is 19.4. The van der Waals surface area contributed by atoms with E-state index >= 15 is 0 Å². The Hall–Kier alpha value is -2.83. The van der Waals surface area contributed by atoms with Gasteiger partial charge in [0.2, 0.25) is 0 Å². The van der Waals surface area contributed by atoms with Gasteiger partial charge in [0.1, 0.15) is 5.82 Å². The molecular weight excluding hydrogens is 307 g/mol. The molecule has 0 fully saturated rings. The van der Waals surface area contributed by atoms with E-state index < -0.39 is 17.4 Å². The molecule has 0 radical (unpaired) electrons. The van der Waals surface area contributed by atoms with E-state index in [0.717, 1.165) is 16.5 Å². The molecule has 0 saturated carbocycles. The standard InChI is InChI=1S/C16H12F3N3O/c17-16(18,19)13-8-15(23)22-14(21-13)9-20-12-7-3-5-10-4-1-2-6-11(10)12/h1-8,20H,9H2,(H,21,22,23). The van der Waals surface area contributed by atoms with E-state index in [1.54, 1.807) is 0 Å². The summed E-state index contributed by atoms with van der Waals surface area (Å²) in [6, 6.07) is 13.6. The van der Waals surface area contributed by atoms with Crippen LogP contribution in [0, 0.1) is 0 Å². The number of halogens is 3. The molecule has 0 amide bonds. The second-order valence-electron chi connectivity index (χ2n) is 4.96. The van der Waals surface area contributed by atoms with Crippen LogP contribution in [0.15, 0.2) is 53.3 Å². The Labute approximate surface area is 129 Å². The second-order valence-corrected chi connectivity index (χ2v) is 4.96. The molecule has 2 aromatic carbocycles. The van der Waals surface area contributed by atoms with Crippen LogP contribution in [0.4, 0.5) is 18.9 Å². The molecule has 4 nitrogen and oxygen atoms in total. The van der Waals surface area contributed by atoms with Crippen molar-refractivity contribution >= 4 is 16.5 Å². The van der Waals surface area contributed by atoms with Crippen LogP contribution in [-0.4, -0.2) is 9.97 Å². The van der Waals surface area contributed by atoms with Crippen molar-refractivity contribution in [1.82, 2.24) is 9.97 Å². The van der Waals surface area contributed by atoms with Gasteiger partial charge in [0, 0.05) is 17.1 Å². The van der Waals surface area contributed by atoms with Gasteiger partial charge >= 0.3 is 6.18 Å². The lowest BCUT2D eigenvalue weighted by Crippen LogP contribution is -2.20. The lowest BCUT2D eigenvalue weighted by Gasteiger charge is -2.11. The number of aromatic amines is 1. The van der Waals surface area contributed by atoms with Gasteiger partial charge in [-0.25, -0.2) is 4.98 Å². The van der Waals surface area contributed by atoms with Crippen molar-refractivity contribution in [3.8, 4) is 0 Å². The van der Waals surface area contributed by atoms with Crippen LogP contribution in [0.5, 0.6) is 0 Å². The van der Waals surface area contributed by atoms with Gasteiger partial charge in [-0.15, -0.1) is 0 Å². The summed E-state index contributed by atoms with van der Waals surface area (Å²) in [4.78, 5) is 17.1. The number of anilines is 1. The van der Waals surface area contributed by atoms with Crippen molar-refractivity contribution in [2.75, 3.05) is 5.32 Å². The minimum atomic E-state index is -4.65. The maximum Gasteiger partial charge on any atom is 0.433 e. The number of rotatable bonds is 3. The highest BCUT2D eigenvalue weighted by Gasteiger charge is 2.33. The molecule has 0 saturated heterocycles. The van der Waals surface area contributed by atoms with Crippen molar-refractivity contribution in [2.45, 2.75) is 12.7 Å². The zero-order valence-corrected chi connectivity index (χ0v) is 11.8. The maximum absolute atomic E-state index is 12.7. The normalized spacial score (nSPS) is 11.6. The van der Waals surface area contributed by atoms with Gasteiger partial charge in [-0.1, -0.05) is 36.4 Å². The Kier molecular flexibility index (Phi) is 3.77. The van der Waals surface area contributed by atoms with Crippen molar-refractivity contribution < 1.29 is 13.2 Å². The molecule has 1 heterocycles. The van der Waals surface area contributed by atoms with Gasteiger partial charge in [0.05, 0.1) is 6.54 Å². The van der Waals surface area contributed by atoms with E-state index in [0.29, 0.717) is 6.07 Å². The summed E-state index contributed by atoms with van der Waals surface area (Å²) in [7, 11) is 0. The summed E-state index contributed by atoms with van der Waals surface area (Å²) in [6.45, 7) is -0.0207.